The van der Waals surface area contributed by atoms with E-state index in [-0.39, 0.29) is 37.4 Å². The van der Waals surface area contributed by atoms with Gasteiger partial charge in [-0.3, -0.25) is 14.4 Å². The van der Waals surface area contributed by atoms with E-state index in [0.29, 0.717) is 0 Å². The van der Waals surface area contributed by atoms with Crippen LogP contribution >= 0.6 is 0 Å². The molecule has 0 heterocycles. The maximum Gasteiger partial charge on any atom is 0.326 e. The summed E-state index contributed by atoms with van der Waals surface area (Å²) in [6.45, 7) is 3.42. The Kier molecular flexibility index (Phi) is 7.40. The second-order valence-electron chi connectivity index (χ2n) is 4.51. The molecule has 0 saturated carbocycles. The van der Waals surface area contributed by atoms with Gasteiger partial charge in [-0.05, 0) is 6.42 Å². The fourth-order valence-electron chi connectivity index (χ4n) is 1.32. The Hall–Kier alpha value is -1.92. The van der Waals surface area contributed by atoms with Gasteiger partial charge in [0.25, 0.3) is 0 Å². The highest BCUT2D eigenvalue weighted by molar-refractivity contribution is 5.86. The van der Waals surface area contributed by atoms with E-state index in [2.05, 4.69) is 5.32 Å². The summed E-state index contributed by atoms with van der Waals surface area (Å²) in [5, 5.41) is 19.5. The van der Waals surface area contributed by atoms with Gasteiger partial charge < -0.3 is 15.5 Å². The lowest BCUT2D eigenvalue weighted by Gasteiger charge is -2.14. The molecule has 1 atom stereocenters. The maximum absolute atomic E-state index is 11.4. The molecule has 0 aromatic heterocycles. The fourth-order valence-corrected chi connectivity index (χ4v) is 1.32. The smallest absolute Gasteiger partial charge is 0.326 e. The number of amides is 1. The van der Waals surface area contributed by atoms with Gasteiger partial charge in [-0.15, -0.1) is 0 Å². The summed E-state index contributed by atoms with van der Waals surface area (Å²) in [4.78, 5) is 43.9. The maximum atomic E-state index is 11.4. The van der Waals surface area contributed by atoms with Crippen LogP contribution in [0, 0.1) is 5.92 Å². The molecule has 3 N–H and O–H groups in total. The molecule has 0 rings (SSSR count). The molecule has 7 nitrogen and oxygen atoms in total. The van der Waals surface area contributed by atoms with Crippen molar-refractivity contribution in [2.45, 2.75) is 45.6 Å². The molecule has 0 aliphatic carbocycles. The normalized spacial score (nSPS) is 11.9. The van der Waals surface area contributed by atoms with Crippen LogP contribution in [0.4, 0.5) is 0 Å². The molecule has 0 aromatic carbocycles. The van der Waals surface area contributed by atoms with Crippen molar-refractivity contribution in [3.63, 3.8) is 0 Å². The van der Waals surface area contributed by atoms with Crippen LogP contribution < -0.4 is 5.32 Å². The number of Topliss-reactive ketones (excluding diaryl/α,β-unsaturated/α-hetero) is 1. The predicted molar refractivity (Wildman–Crippen MR) is 65.5 cm³/mol. The number of rotatable bonds is 9. The summed E-state index contributed by atoms with van der Waals surface area (Å²) in [6.07, 6.45) is -0.570. The summed E-state index contributed by atoms with van der Waals surface area (Å²) < 4.78 is 0. The van der Waals surface area contributed by atoms with Crippen LogP contribution in [-0.2, 0) is 19.2 Å². The molecule has 0 saturated heterocycles. The molecule has 108 valence electrons. The van der Waals surface area contributed by atoms with Crippen LogP contribution in [0.1, 0.15) is 39.5 Å². The molecule has 7 heteroatoms. The highest BCUT2D eigenvalue weighted by Gasteiger charge is 2.21. The van der Waals surface area contributed by atoms with E-state index in [1.807, 2.05) is 0 Å². The highest BCUT2D eigenvalue weighted by atomic mass is 16.4. The molecule has 0 fully saturated rings. The number of hydrogen-bond donors (Lipinski definition) is 3. The van der Waals surface area contributed by atoms with Gasteiger partial charge in [-0.1, -0.05) is 13.8 Å². The molecule has 0 aromatic rings. The van der Waals surface area contributed by atoms with Crippen molar-refractivity contribution >= 4 is 23.6 Å². The number of nitrogens with one attached hydrogen (secondary N) is 1. The van der Waals surface area contributed by atoms with Gasteiger partial charge in [0.05, 0.1) is 6.42 Å². The molecular formula is C12H19NO6. The molecule has 0 aliphatic rings. The van der Waals surface area contributed by atoms with Crippen molar-refractivity contribution in [2.75, 3.05) is 0 Å². The van der Waals surface area contributed by atoms with E-state index in [9.17, 15) is 19.2 Å². The molecule has 0 radical (unpaired) electrons. The minimum atomic E-state index is -1.24. The zero-order valence-electron chi connectivity index (χ0n) is 11.0. The van der Waals surface area contributed by atoms with Crippen molar-refractivity contribution in [3.05, 3.63) is 0 Å². The van der Waals surface area contributed by atoms with Crippen molar-refractivity contribution < 1.29 is 29.4 Å². The molecular weight excluding hydrogens is 254 g/mol. The monoisotopic (exact) mass is 273 g/mol. The topological polar surface area (TPSA) is 121 Å². The largest absolute Gasteiger partial charge is 0.481 e. The first-order chi connectivity index (χ1) is 8.73. The van der Waals surface area contributed by atoms with Crippen LogP contribution in [0.3, 0.4) is 0 Å². The average molecular weight is 273 g/mol. The van der Waals surface area contributed by atoms with Gasteiger partial charge in [0.1, 0.15) is 11.8 Å². The molecule has 1 unspecified atom stereocenters. The van der Waals surface area contributed by atoms with Gasteiger partial charge in [0.2, 0.25) is 5.91 Å². The number of carbonyl (C=O) groups excluding carboxylic acids is 2. The van der Waals surface area contributed by atoms with E-state index < -0.39 is 23.9 Å². The minimum absolute atomic E-state index is 0.00512. The SMILES string of the molecule is CC(C)C(=O)CCC(NC(=O)CCC(=O)O)C(=O)O. The number of carbonyl (C=O) groups is 4. The molecule has 0 bridgehead atoms. The Balaban J connectivity index is 4.26. The van der Waals surface area contributed by atoms with E-state index in [1.165, 1.54) is 0 Å². The van der Waals surface area contributed by atoms with Gasteiger partial charge >= 0.3 is 11.9 Å². The number of ketones is 1. The highest BCUT2D eigenvalue weighted by Crippen LogP contribution is 2.05. The standard InChI is InChI=1S/C12H19NO6/c1-7(2)9(14)4-3-8(12(18)19)13-10(15)5-6-11(16)17/h7-8H,3-6H2,1-2H3,(H,13,15)(H,16,17)(H,18,19). The Morgan fingerprint density at radius 2 is 1.58 bits per heavy atom. The van der Waals surface area contributed by atoms with Crippen molar-refractivity contribution in [2.24, 2.45) is 5.92 Å². The molecule has 0 spiro atoms. The predicted octanol–water partition coefficient (Wildman–Crippen LogP) is 0.426. The summed E-state index contributed by atoms with van der Waals surface area (Å²) in [6, 6.07) is -1.16. The Labute approximate surface area is 111 Å². The van der Waals surface area contributed by atoms with Crippen molar-refractivity contribution in [1.82, 2.24) is 5.32 Å². The Bertz CT molecular complexity index is 363. The number of hydrogen-bond acceptors (Lipinski definition) is 4. The lowest BCUT2D eigenvalue weighted by atomic mass is 10.0. The zero-order chi connectivity index (χ0) is 15.0. The lowest BCUT2D eigenvalue weighted by Crippen LogP contribution is -2.41. The first kappa shape index (κ1) is 17.1. The second kappa shape index (κ2) is 8.23. The summed E-state index contributed by atoms with van der Waals surface area (Å²) >= 11 is 0. The van der Waals surface area contributed by atoms with Gasteiger partial charge in [-0.2, -0.15) is 0 Å². The number of carboxylic acid groups (broad SMARTS) is 2. The first-order valence-electron chi connectivity index (χ1n) is 6.00. The quantitative estimate of drug-likeness (QED) is 0.560. The third-order valence-corrected chi connectivity index (χ3v) is 2.52. The van der Waals surface area contributed by atoms with Crippen LogP contribution in [-0.4, -0.2) is 39.9 Å². The molecule has 19 heavy (non-hydrogen) atoms. The first-order valence-corrected chi connectivity index (χ1v) is 6.00. The fraction of sp³-hybridized carbons (Fsp3) is 0.667. The van der Waals surface area contributed by atoms with E-state index >= 15 is 0 Å². The van der Waals surface area contributed by atoms with Crippen LogP contribution in [0.2, 0.25) is 0 Å². The summed E-state index contributed by atoms with van der Waals surface area (Å²) in [7, 11) is 0. The van der Waals surface area contributed by atoms with Crippen molar-refractivity contribution in [3.8, 4) is 0 Å². The number of aliphatic carboxylic acids is 2. The van der Waals surface area contributed by atoms with Gasteiger partial charge in [-0.25, -0.2) is 4.79 Å². The average Bonchev–Trinajstić information content (AvgIpc) is 2.30. The Morgan fingerprint density at radius 1 is 1.00 bits per heavy atom. The Morgan fingerprint density at radius 3 is 2.00 bits per heavy atom. The third kappa shape index (κ3) is 7.91. The van der Waals surface area contributed by atoms with Crippen LogP contribution in [0.15, 0.2) is 0 Å². The number of carboxylic acids is 2. The van der Waals surface area contributed by atoms with Gasteiger partial charge in [0.15, 0.2) is 0 Å². The van der Waals surface area contributed by atoms with Crippen LogP contribution in [0.25, 0.3) is 0 Å². The summed E-state index contributed by atoms with van der Waals surface area (Å²) in [5.74, 6) is -3.27. The van der Waals surface area contributed by atoms with E-state index in [0.717, 1.165) is 0 Å². The zero-order valence-corrected chi connectivity index (χ0v) is 11.0. The minimum Gasteiger partial charge on any atom is -0.481 e. The van der Waals surface area contributed by atoms with E-state index in [1.54, 1.807) is 13.8 Å². The van der Waals surface area contributed by atoms with E-state index in [4.69, 9.17) is 10.2 Å². The third-order valence-electron chi connectivity index (χ3n) is 2.52. The molecule has 1 amide bonds. The second-order valence-corrected chi connectivity index (χ2v) is 4.51. The summed E-state index contributed by atoms with van der Waals surface area (Å²) in [5.41, 5.74) is 0. The van der Waals surface area contributed by atoms with Gasteiger partial charge in [0, 0.05) is 18.8 Å². The lowest BCUT2D eigenvalue weighted by molar-refractivity contribution is -0.142. The molecule has 0 aliphatic heterocycles. The van der Waals surface area contributed by atoms with Crippen molar-refractivity contribution in [1.29, 1.82) is 0 Å². The van der Waals surface area contributed by atoms with Crippen LogP contribution in [0.5, 0.6) is 0 Å².